The Kier molecular flexibility index (Phi) is 3.87. The van der Waals surface area contributed by atoms with E-state index in [9.17, 15) is 17.6 Å². The maximum Gasteiger partial charge on any atom is 0.244 e. The normalized spacial score (nSPS) is 12.4. The molecule has 0 aromatic heterocycles. The van der Waals surface area contributed by atoms with Crippen LogP contribution in [0.25, 0.3) is 0 Å². The van der Waals surface area contributed by atoms with E-state index in [1.165, 1.54) is 13.8 Å². The number of hydrogen-bond acceptors (Lipinski definition) is 4. The summed E-state index contributed by atoms with van der Waals surface area (Å²) in [5, 5.41) is 0. The molecule has 0 radical (unpaired) electrons. The molecule has 0 aliphatic heterocycles. The Morgan fingerprint density at radius 2 is 1.89 bits per heavy atom. The SMILES string of the molecule is Cc1cc(F)c(S(=O)(=O)NC(C)(C)C(N)=O)cc1N. The minimum atomic E-state index is -4.24. The van der Waals surface area contributed by atoms with E-state index < -0.39 is 32.2 Å². The van der Waals surface area contributed by atoms with Crippen molar-refractivity contribution in [3.63, 3.8) is 0 Å². The number of benzene rings is 1. The van der Waals surface area contributed by atoms with Crippen molar-refractivity contribution in [1.29, 1.82) is 0 Å². The largest absolute Gasteiger partial charge is 0.398 e. The van der Waals surface area contributed by atoms with Crippen LogP contribution in [0.2, 0.25) is 0 Å². The number of anilines is 1. The molecule has 0 saturated carbocycles. The molecule has 0 saturated heterocycles. The summed E-state index contributed by atoms with van der Waals surface area (Å²) in [6, 6.07) is 2.02. The highest BCUT2D eigenvalue weighted by atomic mass is 32.2. The Morgan fingerprint density at radius 1 is 1.37 bits per heavy atom. The van der Waals surface area contributed by atoms with Crippen molar-refractivity contribution in [3.8, 4) is 0 Å². The van der Waals surface area contributed by atoms with E-state index in [0.29, 0.717) is 5.56 Å². The lowest BCUT2D eigenvalue weighted by atomic mass is 10.1. The zero-order valence-electron chi connectivity index (χ0n) is 10.8. The summed E-state index contributed by atoms with van der Waals surface area (Å²) >= 11 is 0. The number of carbonyl (C=O) groups excluding carboxylic acids is 1. The van der Waals surface area contributed by atoms with Gasteiger partial charge in [-0.25, -0.2) is 12.8 Å². The molecule has 0 fully saturated rings. The van der Waals surface area contributed by atoms with Crippen LogP contribution in [0.5, 0.6) is 0 Å². The summed E-state index contributed by atoms with van der Waals surface area (Å²) < 4.78 is 39.8. The van der Waals surface area contributed by atoms with E-state index in [-0.39, 0.29) is 5.69 Å². The first-order chi connectivity index (χ1) is 8.47. The first kappa shape index (κ1) is 15.4. The zero-order valence-corrected chi connectivity index (χ0v) is 11.6. The van der Waals surface area contributed by atoms with Crippen molar-refractivity contribution >= 4 is 21.6 Å². The predicted molar refractivity (Wildman–Crippen MR) is 69.1 cm³/mol. The summed E-state index contributed by atoms with van der Waals surface area (Å²) in [7, 11) is -4.24. The van der Waals surface area contributed by atoms with Crippen molar-refractivity contribution in [2.75, 3.05) is 5.73 Å². The summed E-state index contributed by atoms with van der Waals surface area (Å²) in [6.45, 7) is 4.11. The van der Waals surface area contributed by atoms with Crippen molar-refractivity contribution in [3.05, 3.63) is 23.5 Å². The fourth-order valence-electron chi connectivity index (χ4n) is 1.32. The monoisotopic (exact) mass is 289 g/mol. The number of carbonyl (C=O) groups is 1. The Hall–Kier alpha value is -1.67. The first-order valence-electron chi connectivity index (χ1n) is 5.37. The van der Waals surface area contributed by atoms with Crippen molar-refractivity contribution in [2.45, 2.75) is 31.2 Å². The quantitative estimate of drug-likeness (QED) is 0.689. The Labute approximate surface area is 111 Å². The molecule has 0 bridgehead atoms. The molecule has 1 aromatic rings. The Bertz CT molecular complexity index is 626. The predicted octanol–water partition coefficient (Wildman–Crippen LogP) is 0.259. The van der Waals surface area contributed by atoms with Crippen LogP contribution in [0.1, 0.15) is 19.4 Å². The first-order valence-corrected chi connectivity index (χ1v) is 6.85. The van der Waals surface area contributed by atoms with Gasteiger partial charge in [-0.1, -0.05) is 0 Å². The fraction of sp³-hybridized carbons (Fsp3) is 0.364. The highest BCUT2D eigenvalue weighted by molar-refractivity contribution is 7.89. The second kappa shape index (κ2) is 4.78. The average Bonchev–Trinajstić information content (AvgIpc) is 2.21. The van der Waals surface area contributed by atoms with E-state index in [2.05, 4.69) is 0 Å². The third kappa shape index (κ3) is 3.21. The standard InChI is InChI=1S/C11H16FN3O3S/c1-6-4-7(12)9(5-8(6)13)19(17,18)15-11(2,3)10(14)16/h4-5,15H,13H2,1-3H3,(H2,14,16). The van der Waals surface area contributed by atoms with Crippen LogP contribution in [-0.4, -0.2) is 19.9 Å². The molecule has 6 nitrogen and oxygen atoms in total. The minimum Gasteiger partial charge on any atom is -0.398 e. The van der Waals surface area contributed by atoms with E-state index in [4.69, 9.17) is 11.5 Å². The number of nitrogens with two attached hydrogens (primary N) is 2. The van der Waals surface area contributed by atoms with Crippen molar-refractivity contribution < 1.29 is 17.6 Å². The molecule has 0 heterocycles. The van der Waals surface area contributed by atoms with Gasteiger partial charge in [-0.05, 0) is 38.5 Å². The number of primary amides is 1. The second-order valence-corrected chi connectivity index (χ2v) is 6.38. The van der Waals surface area contributed by atoms with Crippen LogP contribution < -0.4 is 16.2 Å². The molecule has 5 N–H and O–H groups in total. The van der Waals surface area contributed by atoms with Gasteiger partial charge in [0.1, 0.15) is 16.3 Å². The second-order valence-electron chi connectivity index (χ2n) is 4.73. The number of nitrogens with one attached hydrogen (secondary N) is 1. The van der Waals surface area contributed by atoms with E-state index in [1.807, 2.05) is 4.72 Å². The van der Waals surface area contributed by atoms with Gasteiger partial charge in [0, 0.05) is 5.69 Å². The van der Waals surface area contributed by atoms with Crippen LogP contribution in [0.3, 0.4) is 0 Å². The molecular formula is C11H16FN3O3S. The lowest BCUT2D eigenvalue weighted by Crippen LogP contribution is -2.52. The number of aryl methyl sites for hydroxylation is 1. The molecule has 0 spiro atoms. The number of hydrogen-bond donors (Lipinski definition) is 3. The molecule has 1 amide bonds. The maximum absolute atomic E-state index is 13.7. The van der Waals surface area contributed by atoms with Gasteiger partial charge in [0.2, 0.25) is 15.9 Å². The van der Waals surface area contributed by atoms with Gasteiger partial charge in [-0.3, -0.25) is 4.79 Å². The van der Waals surface area contributed by atoms with Crippen molar-refractivity contribution in [2.24, 2.45) is 5.73 Å². The smallest absolute Gasteiger partial charge is 0.244 e. The van der Waals surface area contributed by atoms with Crippen LogP contribution in [-0.2, 0) is 14.8 Å². The van der Waals surface area contributed by atoms with Crippen molar-refractivity contribution in [1.82, 2.24) is 4.72 Å². The topological polar surface area (TPSA) is 115 Å². The molecule has 0 unspecified atom stereocenters. The molecule has 8 heteroatoms. The third-order valence-corrected chi connectivity index (χ3v) is 4.29. The summed E-state index contributed by atoms with van der Waals surface area (Å²) in [6.07, 6.45) is 0. The highest BCUT2D eigenvalue weighted by Crippen LogP contribution is 2.22. The molecular weight excluding hydrogens is 273 g/mol. The number of halogens is 1. The molecule has 0 atom stereocenters. The lowest BCUT2D eigenvalue weighted by Gasteiger charge is -2.22. The number of nitrogen functional groups attached to an aromatic ring is 1. The van der Waals surface area contributed by atoms with Gasteiger partial charge in [0.25, 0.3) is 0 Å². The molecule has 0 aliphatic carbocycles. The van der Waals surface area contributed by atoms with Crippen LogP contribution in [0.4, 0.5) is 10.1 Å². The third-order valence-electron chi connectivity index (χ3n) is 2.62. The van der Waals surface area contributed by atoms with Crippen LogP contribution in [0.15, 0.2) is 17.0 Å². The highest BCUT2D eigenvalue weighted by Gasteiger charge is 2.32. The van der Waals surface area contributed by atoms with E-state index >= 15 is 0 Å². The van der Waals surface area contributed by atoms with Gasteiger partial charge in [0.05, 0.1) is 0 Å². The van der Waals surface area contributed by atoms with Gasteiger partial charge in [-0.15, -0.1) is 0 Å². The number of rotatable bonds is 4. The molecule has 106 valence electrons. The zero-order chi connectivity index (χ0) is 15.0. The molecule has 0 aliphatic rings. The summed E-state index contributed by atoms with van der Waals surface area (Å²) in [5.74, 6) is -1.82. The van der Waals surface area contributed by atoms with Gasteiger partial charge in [-0.2, -0.15) is 4.72 Å². The lowest BCUT2D eigenvalue weighted by molar-refractivity contribution is -0.122. The van der Waals surface area contributed by atoms with E-state index in [0.717, 1.165) is 12.1 Å². The number of amides is 1. The van der Waals surface area contributed by atoms with Crippen LogP contribution in [0, 0.1) is 12.7 Å². The Balaban J connectivity index is 3.30. The maximum atomic E-state index is 13.7. The summed E-state index contributed by atoms with van der Waals surface area (Å²) in [5.41, 5.74) is 9.65. The van der Waals surface area contributed by atoms with Gasteiger partial charge in [0.15, 0.2) is 0 Å². The molecule has 1 rings (SSSR count). The summed E-state index contributed by atoms with van der Waals surface area (Å²) in [4.78, 5) is 10.5. The molecule has 1 aromatic carbocycles. The fourth-order valence-corrected chi connectivity index (χ4v) is 2.80. The average molecular weight is 289 g/mol. The molecule has 19 heavy (non-hydrogen) atoms. The Morgan fingerprint density at radius 3 is 2.37 bits per heavy atom. The number of sulfonamides is 1. The van der Waals surface area contributed by atoms with E-state index in [1.54, 1.807) is 6.92 Å². The van der Waals surface area contributed by atoms with Gasteiger partial charge >= 0.3 is 0 Å². The van der Waals surface area contributed by atoms with Gasteiger partial charge < -0.3 is 11.5 Å². The van der Waals surface area contributed by atoms with Crippen LogP contribution >= 0.6 is 0 Å². The minimum absolute atomic E-state index is 0.138.